The lowest BCUT2D eigenvalue weighted by Gasteiger charge is -2.36. The van der Waals surface area contributed by atoms with Gasteiger partial charge in [-0.05, 0) is 18.9 Å². The first kappa shape index (κ1) is 13.7. The van der Waals surface area contributed by atoms with Crippen LogP contribution in [-0.2, 0) is 4.79 Å². The lowest BCUT2D eigenvalue weighted by atomic mass is 9.96. The summed E-state index contributed by atoms with van der Waals surface area (Å²) in [4.78, 5) is 25.4. The topological polar surface area (TPSA) is 49.3 Å². The van der Waals surface area contributed by atoms with E-state index in [9.17, 15) is 4.79 Å². The van der Waals surface area contributed by atoms with Gasteiger partial charge < -0.3 is 9.80 Å². The number of rotatable bonds is 2. The minimum atomic E-state index is 0.107. The second-order valence-electron chi connectivity index (χ2n) is 5.27. The van der Waals surface area contributed by atoms with Gasteiger partial charge in [-0.25, -0.2) is 9.97 Å². The molecule has 0 unspecified atom stereocenters. The van der Waals surface area contributed by atoms with Crippen LogP contribution in [0.1, 0.15) is 12.8 Å². The van der Waals surface area contributed by atoms with Crippen LogP contribution in [0.5, 0.6) is 0 Å². The Morgan fingerprint density at radius 1 is 1.20 bits per heavy atom. The van der Waals surface area contributed by atoms with E-state index in [4.69, 9.17) is 0 Å². The molecule has 1 amide bonds. The van der Waals surface area contributed by atoms with E-state index < -0.39 is 0 Å². The van der Waals surface area contributed by atoms with Gasteiger partial charge in [0.2, 0.25) is 11.9 Å². The zero-order valence-electron chi connectivity index (χ0n) is 11.6. The molecule has 1 atom stereocenters. The van der Waals surface area contributed by atoms with E-state index in [2.05, 4.69) is 14.9 Å². The summed E-state index contributed by atoms with van der Waals surface area (Å²) in [6, 6.07) is 1.82. The summed E-state index contributed by atoms with van der Waals surface area (Å²) in [5.74, 6) is 3.33. The Hall–Kier alpha value is -1.30. The quantitative estimate of drug-likeness (QED) is 0.821. The number of carbonyl (C=O) groups is 1. The number of aromatic nitrogens is 2. The van der Waals surface area contributed by atoms with Crippen molar-refractivity contribution < 1.29 is 4.79 Å². The predicted octanol–water partition coefficient (Wildman–Crippen LogP) is 1.27. The van der Waals surface area contributed by atoms with E-state index in [0.717, 1.165) is 56.5 Å². The highest BCUT2D eigenvalue weighted by Crippen LogP contribution is 2.23. The minimum absolute atomic E-state index is 0.107. The molecule has 2 fully saturated rings. The van der Waals surface area contributed by atoms with E-state index in [1.165, 1.54) is 0 Å². The summed E-state index contributed by atoms with van der Waals surface area (Å²) >= 11 is 1.94. The smallest absolute Gasteiger partial charge is 0.227 e. The first-order valence-electron chi connectivity index (χ1n) is 7.23. The Kier molecular flexibility index (Phi) is 4.40. The van der Waals surface area contributed by atoms with Crippen molar-refractivity contribution in [3.63, 3.8) is 0 Å². The molecule has 1 aromatic rings. The maximum atomic E-state index is 12.6. The van der Waals surface area contributed by atoms with Gasteiger partial charge in [0.15, 0.2) is 0 Å². The number of piperidine rings is 1. The number of nitrogens with zero attached hydrogens (tertiary/aromatic N) is 4. The monoisotopic (exact) mass is 292 g/mol. The van der Waals surface area contributed by atoms with Crippen LogP contribution in [0.2, 0.25) is 0 Å². The predicted molar refractivity (Wildman–Crippen MR) is 80.9 cm³/mol. The number of thioether (sulfide) groups is 1. The largest absolute Gasteiger partial charge is 0.341 e. The van der Waals surface area contributed by atoms with Crippen molar-refractivity contribution in [2.24, 2.45) is 5.92 Å². The fraction of sp³-hybridized carbons (Fsp3) is 0.643. The number of anilines is 1. The Labute approximate surface area is 123 Å². The Bertz CT molecular complexity index is 450. The molecule has 5 nitrogen and oxygen atoms in total. The first-order chi connectivity index (χ1) is 9.84. The second kappa shape index (κ2) is 6.43. The van der Waals surface area contributed by atoms with Gasteiger partial charge in [0.05, 0.1) is 5.92 Å². The van der Waals surface area contributed by atoms with Crippen molar-refractivity contribution in [1.29, 1.82) is 0 Å². The number of amides is 1. The summed E-state index contributed by atoms with van der Waals surface area (Å²) in [5, 5.41) is 0. The van der Waals surface area contributed by atoms with Crippen molar-refractivity contribution in [3.8, 4) is 0 Å². The van der Waals surface area contributed by atoms with E-state index in [1.54, 1.807) is 12.4 Å². The molecule has 6 heteroatoms. The summed E-state index contributed by atoms with van der Waals surface area (Å²) < 4.78 is 0. The Morgan fingerprint density at radius 2 is 1.95 bits per heavy atom. The Balaban J connectivity index is 1.64. The molecular weight excluding hydrogens is 272 g/mol. The van der Waals surface area contributed by atoms with E-state index in [0.29, 0.717) is 5.91 Å². The highest BCUT2D eigenvalue weighted by atomic mass is 32.2. The SMILES string of the molecule is O=C([C@@H]1CCCN(c2ncccn2)C1)N1CCSCC1. The van der Waals surface area contributed by atoms with E-state index in [1.807, 2.05) is 22.7 Å². The molecule has 2 saturated heterocycles. The van der Waals surface area contributed by atoms with E-state index in [-0.39, 0.29) is 5.92 Å². The third kappa shape index (κ3) is 3.06. The molecule has 0 aliphatic carbocycles. The van der Waals surface area contributed by atoms with Gasteiger partial charge in [0.25, 0.3) is 0 Å². The molecule has 0 saturated carbocycles. The third-order valence-corrected chi connectivity index (χ3v) is 4.87. The van der Waals surface area contributed by atoms with Crippen molar-refractivity contribution in [2.75, 3.05) is 42.6 Å². The minimum Gasteiger partial charge on any atom is -0.341 e. The van der Waals surface area contributed by atoms with Gasteiger partial charge in [-0.1, -0.05) is 0 Å². The summed E-state index contributed by atoms with van der Waals surface area (Å²) in [5.41, 5.74) is 0. The molecule has 3 heterocycles. The molecule has 2 aliphatic rings. The van der Waals surface area contributed by atoms with Crippen molar-refractivity contribution in [1.82, 2.24) is 14.9 Å². The van der Waals surface area contributed by atoms with Crippen LogP contribution in [-0.4, -0.2) is 58.5 Å². The van der Waals surface area contributed by atoms with Crippen LogP contribution < -0.4 is 4.90 Å². The van der Waals surface area contributed by atoms with Crippen LogP contribution in [0.15, 0.2) is 18.5 Å². The molecule has 0 N–H and O–H groups in total. The molecular formula is C14H20N4OS. The van der Waals surface area contributed by atoms with Crippen LogP contribution in [0.25, 0.3) is 0 Å². The van der Waals surface area contributed by atoms with Crippen LogP contribution in [0, 0.1) is 5.92 Å². The molecule has 108 valence electrons. The van der Waals surface area contributed by atoms with E-state index >= 15 is 0 Å². The third-order valence-electron chi connectivity index (χ3n) is 3.93. The molecule has 0 spiro atoms. The fourth-order valence-corrected chi connectivity index (χ4v) is 3.76. The number of hydrogen-bond acceptors (Lipinski definition) is 5. The molecule has 2 aliphatic heterocycles. The highest BCUT2D eigenvalue weighted by molar-refractivity contribution is 7.99. The van der Waals surface area contributed by atoms with Crippen LogP contribution >= 0.6 is 11.8 Å². The highest BCUT2D eigenvalue weighted by Gasteiger charge is 2.30. The van der Waals surface area contributed by atoms with Crippen molar-refractivity contribution in [3.05, 3.63) is 18.5 Å². The summed E-state index contributed by atoms with van der Waals surface area (Å²) in [7, 11) is 0. The maximum absolute atomic E-state index is 12.6. The van der Waals surface area contributed by atoms with Gasteiger partial charge in [-0.3, -0.25) is 4.79 Å². The summed E-state index contributed by atoms with van der Waals surface area (Å²) in [6.07, 6.45) is 5.55. The maximum Gasteiger partial charge on any atom is 0.227 e. The first-order valence-corrected chi connectivity index (χ1v) is 8.38. The average molecular weight is 292 g/mol. The van der Waals surface area contributed by atoms with Gasteiger partial charge in [0.1, 0.15) is 0 Å². The van der Waals surface area contributed by atoms with Gasteiger partial charge >= 0.3 is 0 Å². The standard InChI is InChI=1S/C14H20N4OS/c19-13(17-7-9-20-10-8-17)12-3-1-6-18(11-12)14-15-4-2-5-16-14/h2,4-5,12H,1,3,6-11H2/t12-/m1/s1. The van der Waals surface area contributed by atoms with Gasteiger partial charge in [0, 0.05) is 50.1 Å². The zero-order valence-corrected chi connectivity index (χ0v) is 12.4. The molecule has 0 aromatic carbocycles. The number of hydrogen-bond donors (Lipinski definition) is 0. The second-order valence-corrected chi connectivity index (χ2v) is 6.50. The van der Waals surface area contributed by atoms with Gasteiger partial charge in [-0.2, -0.15) is 11.8 Å². The molecule has 20 heavy (non-hydrogen) atoms. The van der Waals surface area contributed by atoms with Crippen molar-refractivity contribution in [2.45, 2.75) is 12.8 Å². The molecule has 0 bridgehead atoms. The average Bonchev–Trinajstić information content (AvgIpc) is 2.56. The fourth-order valence-electron chi connectivity index (χ4n) is 2.86. The Morgan fingerprint density at radius 3 is 2.70 bits per heavy atom. The molecule has 0 radical (unpaired) electrons. The lowest BCUT2D eigenvalue weighted by molar-refractivity contribution is -0.135. The van der Waals surface area contributed by atoms with Crippen LogP contribution in [0.4, 0.5) is 5.95 Å². The van der Waals surface area contributed by atoms with Crippen molar-refractivity contribution >= 4 is 23.6 Å². The normalized spacial score (nSPS) is 23.7. The molecule has 3 rings (SSSR count). The zero-order chi connectivity index (χ0) is 13.8. The molecule has 1 aromatic heterocycles. The van der Waals surface area contributed by atoms with Gasteiger partial charge in [-0.15, -0.1) is 0 Å². The lowest BCUT2D eigenvalue weighted by Crippen LogP contribution is -2.47. The van der Waals surface area contributed by atoms with Crippen LogP contribution in [0.3, 0.4) is 0 Å². The summed E-state index contributed by atoms with van der Waals surface area (Å²) in [6.45, 7) is 3.51. The number of carbonyl (C=O) groups excluding carboxylic acids is 1.